The fourth-order valence-electron chi connectivity index (χ4n) is 0.520. The Morgan fingerprint density at radius 2 is 2.38 bits per heavy atom. The molecule has 0 nitrogen and oxygen atoms in total. The van der Waals surface area contributed by atoms with Crippen LogP contribution in [0.3, 0.4) is 0 Å². The van der Waals surface area contributed by atoms with Crippen LogP contribution >= 0.6 is 27.5 Å². The molecular weight excluding hydrogens is 187 g/mol. The maximum atomic E-state index is 5.69. The van der Waals surface area contributed by atoms with Gasteiger partial charge in [-0.3, -0.25) is 0 Å². The highest BCUT2D eigenvalue weighted by molar-refractivity contribution is 9.12. The van der Waals surface area contributed by atoms with E-state index in [1.54, 1.807) is 0 Å². The summed E-state index contributed by atoms with van der Waals surface area (Å²) >= 11 is 8.98. The first-order chi connectivity index (χ1) is 3.80. The largest absolute Gasteiger partial charge is 0.0876 e. The Hall–Kier alpha value is 0.250. The summed E-state index contributed by atoms with van der Waals surface area (Å²) in [5, 5.41) is 0.813. The zero-order chi connectivity index (χ0) is 5.98. The Bertz CT molecular complexity index is 147. The summed E-state index contributed by atoms with van der Waals surface area (Å²) in [5.74, 6) is 0. The van der Waals surface area contributed by atoms with Gasteiger partial charge in [0, 0.05) is 15.9 Å². The molecular formula is C6H5BrCl. The van der Waals surface area contributed by atoms with Gasteiger partial charge in [0.15, 0.2) is 0 Å². The Balaban J connectivity index is 2.76. The van der Waals surface area contributed by atoms with E-state index in [0.29, 0.717) is 0 Å². The molecule has 0 atom stereocenters. The zero-order valence-electron chi connectivity index (χ0n) is 4.20. The van der Waals surface area contributed by atoms with E-state index in [2.05, 4.69) is 22.0 Å². The van der Waals surface area contributed by atoms with Gasteiger partial charge < -0.3 is 0 Å². The van der Waals surface area contributed by atoms with E-state index in [4.69, 9.17) is 11.6 Å². The normalized spacial score (nSPS) is 19.8. The van der Waals surface area contributed by atoms with Gasteiger partial charge >= 0.3 is 0 Å². The first-order valence-electron chi connectivity index (χ1n) is 2.36. The molecule has 0 saturated carbocycles. The minimum atomic E-state index is 0.813. The van der Waals surface area contributed by atoms with Crippen molar-refractivity contribution < 1.29 is 0 Å². The molecule has 0 saturated heterocycles. The standard InChI is InChI=1S/C6H5BrCl/c7-5-3-1-2-4-6(5)8/h1,3-4H,2H2. The molecule has 1 aliphatic rings. The van der Waals surface area contributed by atoms with Gasteiger partial charge in [-0.25, -0.2) is 0 Å². The number of rotatable bonds is 0. The monoisotopic (exact) mass is 191 g/mol. The lowest BCUT2D eigenvalue weighted by Crippen LogP contribution is -1.82. The molecule has 0 spiro atoms. The van der Waals surface area contributed by atoms with Crippen LogP contribution in [0.15, 0.2) is 21.7 Å². The number of allylic oxidation sites excluding steroid dienone is 4. The second kappa shape index (κ2) is 2.70. The summed E-state index contributed by atoms with van der Waals surface area (Å²) in [7, 11) is 0. The van der Waals surface area contributed by atoms with Crippen LogP contribution in [-0.4, -0.2) is 0 Å². The maximum Gasteiger partial charge on any atom is 0.0363 e. The zero-order valence-corrected chi connectivity index (χ0v) is 6.54. The maximum absolute atomic E-state index is 5.69. The molecule has 0 aliphatic heterocycles. The third-order valence-corrected chi connectivity index (χ3v) is 2.20. The van der Waals surface area contributed by atoms with Crippen molar-refractivity contribution >= 4 is 27.5 Å². The van der Waals surface area contributed by atoms with Gasteiger partial charge in [-0.15, -0.1) is 0 Å². The van der Waals surface area contributed by atoms with Crippen LogP contribution in [0.25, 0.3) is 0 Å². The molecule has 2 heteroatoms. The lowest BCUT2D eigenvalue weighted by molar-refractivity contribution is 1.25. The highest BCUT2D eigenvalue weighted by atomic mass is 79.9. The summed E-state index contributed by atoms with van der Waals surface area (Å²) in [4.78, 5) is 0. The molecule has 0 aromatic rings. The van der Waals surface area contributed by atoms with Crippen molar-refractivity contribution in [3.05, 3.63) is 28.1 Å². The fraction of sp³-hybridized carbons (Fsp3) is 0.167. The Morgan fingerprint density at radius 3 is 2.75 bits per heavy atom. The second-order valence-electron chi connectivity index (χ2n) is 1.54. The summed E-state index contributed by atoms with van der Waals surface area (Å²) < 4.78 is 0.977. The van der Waals surface area contributed by atoms with Gasteiger partial charge in [-0.2, -0.15) is 0 Å². The first-order valence-corrected chi connectivity index (χ1v) is 3.53. The summed E-state index contributed by atoms with van der Waals surface area (Å²) in [6.45, 7) is 0. The van der Waals surface area contributed by atoms with Crippen LogP contribution in [-0.2, 0) is 0 Å². The molecule has 0 bridgehead atoms. The van der Waals surface area contributed by atoms with Gasteiger partial charge in [-0.05, 0) is 22.4 Å². The lowest BCUT2D eigenvalue weighted by Gasteiger charge is -2.01. The predicted molar refractivity (Wildman–Crippen MR) is 39.9 cm³/mol. The minimum Gasteiger partial charge on any atom is -0.0876 e. The molecule has 0 fully saturated rings. The average molecular weight is 192 g/mol. The van der Waals surface area contributed by atoms with Crippen LogP contribution in [0.4, 0.5) is 0 Å². The third-order valence-electron chi connectivity index (χ3n) is 0.925. The van der Waals surface area contributed by atoms with Crippen molar-refractivity contribution in [1.29, 1.82) is 0 Å². The smallest absolute Gasteiger partial charge is 0.0363 e. The Morgan fingerprint density at radius 1 is 1.62 bits per heavy atom. The SMILES string of the molecule is ClC1=C(Br)C=CC[CH]1. The van der Waals surface area contributed by atoms with Gasteiger partial charge in [0.2, 0.25) is 0 Å². The highest BCUT2D eigenvalue weighted by Gasteiger charge is 2.00. The molecule has 1 aliphatic carbocycles. The van der Waals surface area contributed by atoms with Crippen LogP contribution < -0.4 is 0 Å². The quantitative estimate of drug-likeness (QED) is 0.553. The molecule has 43 valence electrons. The van der Waals surface area contributed by atoms with Crippen LogP contribution in [0.1, 0.15) is 6.42 Å². The van der Waals surface area contributed by atoms with E-state index < -0.39 is 0 Å². The van der Waals surface area contributed by atoms with Crippen LogP contribution in [0, 0.1) is 6.42 Å². The van der Waals surface area contributed by atoms with E-state index in [9.17, 15) is 0 Å². The third kappa shape index (κ3) is 1.36. The highest BCUT2D eigenvalue weighted by Crippen LogP contribution is 2.24. The second-order valence-corrected chi connectivity index (χ2v) is 2.80. The molecule has 0 aromatic carbocycles. The summed E-state index contributed by atoms with van der Waals surface area (Å²) in [5.41, 5.74) is 0. The van der Waals surface area contributed by atoms with Crippen molar-refractivity contribution in [2.24, 2.45) is 0 Å². The molecule has 0 N–H and O–H groups in total. The molecule has 1 radical (unpaired) electrons. The Labute approximate surface area is 62.3 Å². The topological polar surface area (TPSA) is 0 Å². The van der Waals surface area contributed by atoms with E-state index in [-0.39, 0.29) is 0 Å². The molecule has 0 heterocycles. The Kier molecular flexibility index (Phi) is 2.15. The molecule has 0 aromatic heterocycles. The van der Waals surface area contributed by atoms with Gasteiger partial charge in [0.1, 0.15) is 0 Å². The van der Waals surface area contributed by atoms with Crippen molar-refractivity contribution in [2.45, 2.75) is 6.42 Å². The molecule has 1 rings (SSSR count). The van der Waals surface area contributed by atoms with Crippen molar-refractivity contribution in [3.8, 4) is 0 Å². The van der Waals surface area contributed by atoms with E-state index in [1.165, 1.54) is 0 Å². The average Bonchev–Trinajstić information content (AvgIpc) is 1.77. The number of halogens is 2. The van der Waals surface area contributed by atoms with E-state index >= 15 is 0 Å². The van der Waals surface area contributed by atoms with Gasteiger partial charge in [0.05, 0.1) is 0 Å². The number of hydrogen-bond acceptors (Lipinski definition) is 0. The van der Waals surface area contributed by atoms with Gasteiger partial charge in [0.25, 0.3) is 0 Å². The van der Waals surface area contributed by atoms with E-state index in [0.717, 1.165) is 15.9 Å². The first kappa shape index (κ1) is 6.37. The van der Waals surface area contributed by atoms with Crippen molar-refractivity contribution in [3.63, 3.8) is 0 Å². The van der Waals surface area contributed by atoms with Crippen molar-refractivity contribution in [2.75, 3.05) is 0 Å². The fourth-order valence-corrected chi connectivity index (χ4v) is 1.02. The minimum absolute atomic E-state index is 0.813. The van der Waals surface area contributed by atoms with Crippen LogP contribution in [0.2, 0.25) is 0 Å². The summed E-state index contributed by atoms with van der Waals surface area (Å²) in [6, 6.07) is 0. The van der Waals surface area contributed by atoms with Crippen molar-refractivity contribution in [1.82, 2.24) is 0 Å². The number of hydrogen-bond donors (Lipinski definition) is 0. The molecule has 8 heavy (non-hydrogen) atoms. The molecule has 0 unspecified atom stereocenters. The lowest BCUT2D eigenvalue weighted by atomic mass is 10.2. The van der Waals surface area contributed by atoms with Crippen LogP contribution in [0.5, 0.6) is 0 Å². The molecule has 0 amide bonds. The predicted octanol–water partition coefficient (Wildman–Crippen LogP) is 3.00. The van der Waals surface area contributed by atoms with Gasteiger partial charge in [-0.1, -0.05) is 23.8 Å². The van der Waals surface area contributed by atoms with E-state index in [1.807, 2.05) is 12.5 Å². The summed E-state index contributed by atoms with van der Waals surface area (Å²) in [6.07, 6.45) is 6.93.